The summed E-state index contributed by atoms with van der Waals surface area (Å²) in [7, 11) is -2.84. The molecular formula is C25H27N3O6S. The van der Waals surface area contributed by atoms with Crippen molar-refractivity contribution >= 4 is 27.3 Å². The average Bonchev–Trinajstić information content (AvgIpc) is 2.86. The number of nitrogens with zero attached hydrogens (tertiary/aromatic N) is 2. The third-order valence-electron chi connectivity index (χ3n) is 5.56. The molecule has 0 radical (unpaired) electrons. The molecule has 10 heteroatoms. The van der Waals surface area contributed by atoms with Crippen molar-refractivity contribution in [3.8, 4) is 5.75 Å². The van der Waals surface area contributed by atoms with Gasteiger partial charge in [0.05, 0.1) is 28.7 Å². The summed E-state index contributed by atoms with van der Waals surface area (Å²) in [6, 6.07) is 18.9. The molecule has 1 N–H and O–H groups in total. The van der Waals surface area contributed by atoms with Crippen molar-refractivity contribution in [3.63, 3.8) is 0 Å². The molecule has 9 nitrogen and oxygen atoms in total. The molecule has 184 valence electrons. The van der Waals surface area contributed by atoms with Gasteiger partial charge in [0.2, 0.25) is 5.91 Å². The largest absolute Gasteiger partial charge is 0.497 e. The molecule has 3 rings (SSSR count). The van der Waals surface area contributed by atoms with Gasteiger partial charge in [-0.15, -0.1) is 0 Å². The van der Waals surface area contributed by atoms with Crippen LogP contribution in [0.2, 0.25) is 0 Å². The molecule has 0 aliphatic carbocycles. The third-order valence-corrected chi connectivity index (χ3v) is 7.33. The molecule has 0 heterocycles. The van der Waals surface area contributed by atoms with Crippen molar-refractivity contribution in [2.45, 2.75) is 31.2 Å². The van der Waals surface area contributed by atoms with Crippen molar-refractivity contribution in [1.29, 1.82) is 0 Å². The van der Waals surface area contributed by atoms with Crippen molar-refractivity contribution in [2.24, 2.45) is 0 Å². The standard InChI is InChI=1S/C25H27N3O6S/c1-4-23(19-8-6-5-7-9-19)26-25(29)17-27(20-11-13-21(34-3)14-12-20)35(32,33)22-15-10-18(2)24(16-22)28(30)31/h5-16,23H,4,17H2,1-3H3,(H,26,29)/t23-/m0/s1. The van der Waals surface area contributed by atoms with Gasteiger partial charge in [-0.05, 0) is 49.2 Å². The molecule has 0 unspecified atom stereocenters. The number of nitrogens with one attached hydrogen (secondary N) is 1. The zero-order valence-corrected chi connectivity index (χ0v) is 20.5. The number of amides is 1. The maximum atomic E-state index is 13.6. The zero-order valence-electron chi connectivity index (χ0n) is 19.7. The average molecular weight is 498 g/mol. The molecule has 3 aromatic carbocycles. The van der Waals surface area contributed by atoms with Crippen LogP contribution in [0.15, 0.2) is 77.7 Å². The Morgan fingerprint density at radius 3 is 2.31 bits per heavy atom. The number of aryl methyl sites for hydroxylation is 1. The van der Waals surface area contributed by atoms with Crippen LogP contribution in [0.5, 0.6) is 5.75 Å². The molecule has 1 amide bonds. The van der Waals surface area contributed by atoms with Crippen LogP contribution in [0.4, 0.5) is 11.4 Å². The number of hydrogen-bond donors (Lipinski definition) is 1. The number of anilines is 1. The molecule has 0 saturated heterocycles. The second-order valence-corrected chi connectivity index (χ2v) is 9.72. The summed E-state index contributed by atoms with van der Waals surface area (Å²) < 4.78 is 33.3. The second kappa shape index (κ2) is 11.0. The Bertz CT molecular complexity index is 1290. The number of methoxy groups -OCH3 is 1. The Labute approximate surface area is 204 Å². The molecule has 0 aromatic heterocycles. The van der Waals surface area contributed by atoms with E-state index in [-0.39, 0.29) is 22.3 Å². The molecule has 0 fully saturated rings. The first-order valence-electron chi connectivity index (χ1n) is 10.9. The first kappa shape index (κ1) is 25.7. The molecule has 35 heavy (non-hydrogen) atoms. The maximum Gasteiger partial charge on any atom is 0.273 e. The monoisotopic (exact) mass is 497 g/mol. The predicted octanol–water partition coefficient (Wildman–Crippen LogP) is 4.37. The van der Waals surface area contributed by atoms with Crippen LogP contribution in [-0.2, 0) is 14.8 Å². The lowest BCUT2D eigenvalue weighted by molar-refractivity contribution is -0.385. The quantitative estimate of drug-likeness (QED) is 0.328. The fourth-order valence-electron chi connectivity index (χ4n) is 3.61. The maximum absolute atomic E-state index is 13.6. The number of carbonyl (C=O) groups is 1. The lowest BCUT2D eigenvalue weighted by Gasteiger charge is -2.26. The molecular weight excluding hydrogens is 470 g/mol. The minimum Gasteiger partial charge on any atom is -0.497 e. The van der Waals surface area contributed by atoms with E-state index in [0.29, 0.717) is 17.7 Å². The first-order valence-corrected chi connectivity index (χ1v) is 12.4. The lowest BCUT2D eigenvalue weighted by Crippen LogP contribution is -2.42. The van der Waals surface area contributed by atoms with Crippen LogP contribution >= 0.6 is 0 Å². The molecule has 0 aliphatic rings. The second-order valence-electron chi connectivity index (χ2n) is 7.85. The SMILES string of the molecule is CC[C@H](NC(=O)CN(c1ccc(OC)cc1)S(=O)(=O)c1ccc(C)c([N+](=O)[O-])c1)c1ccccc1. The number of nitro groups is 1. The van der Waals surface area contributed by atoms with Crippen LogP contribution in [0.25, 0.3) is 0 Å². The van der Waals surface area contributed by atoms with E-state index in [0.717, 1.165) is 15.9 Å². The highest BCUT2D eigenvalue weighted by molar-refractivity contribution is 7.92. The van der Waals surface area contributed by atoms with Crippen LogP contribution < -0.4 is 14.4 Å². The van der Waals surface area contributed by atoms with Crippen LogP contribution in [-0.4, -0.2) is 32.9 Å². The summed E-state index contributed by atoms with van der Waals surface area (Å²) in [5.74, 6) is -0.00152. The highest BCUT2D eigenvalue weighted by Crippen LogP contribution is 2.29. The Morgan fingerprint density at radius 2 is 1.74 bits per heavy atom. The highest BCUT2D eigenvalue weighted by atomic mass is 32.2. The van der Waals surface area contributed by atoms with Crippen LogP contribution in [0.3, 0.4) is 0 Å². The Kier molecular flexibility index (Phi) is 8.08. The number of nitro benzene ring substituents is 1. The van der Waals surface area contributed by atoms with Gasteiger partial charge >= 0.3 is 0 Å². The van der Waals surface area contributed by atoms with Crippen molar-refractivity contribution in [2.75, 3.05) is 18.0 Å². The van der Waals surface area contributed by atoms with Crippen LogP contribution in [0, 0.1) is 17.0 Å². The van der Waals surface area contributed by atoms with E-state index in [2.05, 4.69) is 5.32 Å². The molecule has 3 aromatic rings. The van der Waals surface area contributed by atoms with Crippen LogP contribution in [0.1, 0.15) is 30.5 Å². The molecule has 0 bridgehead atoms. The van der Waals surface area contributed by atoms with Gasteiger partial charge in [0, 0.05) is 11.6 Å². The molecule has 1 atom stereocenters. The Balaban J connectivity index is 1.98. The van der Waals surface area contributed by atoms with Gasteiger partial charge in [-0.25, -0.2) is 8.42 Å². The summed E-state index contributed by atoms with van der Waals surface area (Å²) in [5.41, 5.74) is 1.13. The molecule has 0 spiro atoms. The van der Waals surface area contributed by atoms with E-state index in [4.69, 9.17) is 4.74 Å². The van der Waals surface area contributed by atoms with Gasteiger partial charge in [-0.3, -0.25) is 19.2 Å². The van der Waals surface area contributed by atoms with Crippen molar-refractivity contribution in [1.82, 2.24) is 5.32 Å². The smallest absolute Gasteiger partial charge is 0.273 e. The highest BCUT2D eigenvalue weighted by Gasteiger charge is 2.30. The fraction of sp³-hybridized carbons (Fsp3) is 0.240. The van der Waals surface area contributed by atoms with E-state index in [1.54, 1.807) is 12.1 Å². The number of ether oxygens (including phenoxy) is 1. The van der Waals surface area contributed by atoms with Gasteiger partial charge in [0.25, 0.3) is 15.7 Å². The number of hydrogen-bond acceptors (Lipinski definition) is 6. The van der Waals surface area contributed by atoms with E-state index >= 15 is 0 Å². The van der Waals surface area contributed by atoms with Gasteiger partial charge in [-0.1, -0.05) is 43.3 Å². The van der Waals surface area contributed by atoms with Gasteiger partial charge in [-0.2, -0.15) is 0 Å². The summed E-state index contributed by atoms with van der Waals surface area (Å²) in [6.07, 6.45) is 0.606. The van der Waals surface area contributed by atoms with Crippen molar-refractivity contribution < 1.29 is 22.9 Å². The Morgan fingerprint density at radius 1 is 1.09 bits per heavy atom. The van der Waals surface area contributed by atoms with Gasteiger partial charge < -0.3 is 10.1 Å². The summed E-state index contributed by atoms with van der Waals surface area (Å²) in [6.45, 7) is 2.93. The third kappa shape index (κ3) is 5.96. The lowest BCUT2D eigenvalue weighted by atomic mass is 10.0. The minimum absolute atomic E-state index is 0.219. The number of rotatable bonds is 10. The Hall–Kier alpha value is -3.92. The van der Waals surface area contributed by atoms with E-state index in [9.17, 15) is 23.3 Å². The number of carbonyl (C=O) groups excluding carboxylic acids is 1. The predicted molar refractivity (Wildman–Crippen MR) is 133 cm³/mol. The minimum atomic E-state index is -4.32. The summed E-state index contributed by atoms with van der Waals surface area (Å²) in [4.78, 5) is 23.5. The normalized spacial score (nSPS) is 12.0. The van der Waals surface area contributed by atoms with Gasteiger partial charge in [0.1, 0.15) is 12.3 Å². The van der Waals surface area contributed by atoms with E-state index in [1.165, 1.54) is 38.3 Å². The van der Waals surface area contributed by atoms with E-state index in [1.807, 2.05) is 37.3 Å². The zero-order chi connectivity index (χ0) is 25.6. The summed E-state index contributed by atoms with van der Waals surface area (Å²) >= 11 is 0. The fourth-order valence-corrected chi connectivity index (χ4v) is 5.06. The van der Waals surface area contributed by atoms with Crippen molar-refractivity contribution in [3.05, 3.63) is 94.0 Å². The first-order chi connectivity index (χ1) is 16.7. The molecule has 0 saturated carbocycles. The topological polar surface area (TPSA) is 119 Å². The van der Waals surface area contributed by atoms with Gasteiger partial charge in [0.15, 0.2) is 0 Å². The van der Waals surface area contributed by atoms with E-state index < -0.39 is 27.4 Å². The number of sulfonamides is 1. The summed E-state index contributed by atoms with van der Waals surface area (Å²) in [5, 5.41) is 14.3. The molecule has 0 aliphatic heterocycles. The number of benzene rings is 3.